The fourth-order valence-corrected chi connectivity index (χ4v) is 1.74. The fraction of sp³-hybridized carbons (Fsp3) is 0.571. The van der Waals surface area contributed by atoms with Crippen LogP contribution in [0.2, 0.25) is 5.02 Å². The molecule has 2 heteroatoms. The molecule has 0 bridgehead atoms. The summed E-state index contributed by atoms with van der Waals surface area (Å²) in [6, 6.07) is 7.46. The highest BCUT2D eigenvalue weighted by Gasteiger charge is 2.23. The minimum absolute atomic E-state index is 0.222. The van der Waals surface area contributed by atoms with Gasteiger partial charge in [0.2, 0.25) is 0 Å². The Bertz CT molecular complexity index is 341. The van der Waals surface area contributed by atoms with Gasteiger partial charge in [0, 0.05) is 5.02 Å². The zero-order valence-electron chi connectivity index (χ0n) is 10.5. The van der Waals surface area contributed by atoms with Gasteiger partial charge in [-0.15, -0.1) is 0 Å². The van der Waals surface area contributed by atoms with Crippen molar-refractivity contribution in [2.45, 2.75) is 40.2 Å². The quantitative estimate of drug-likeness (QED) is 0.828. The third-order valence-corrected chi connectivity index (χ3v) is 3.52. The van der Waals surface area contributed by atoms with Crippen molar-refractivity contribution in [2.75, 3.05) is 0 Å². The number of hydrogen-bond acceptors (Lipinski definition) is 1. The monoisotopic (exact) mass is 240 g/mol. The zero-order chi connectivity index (χ0) is 12.3. The van der Waals surface area contributed by atoms with Crippen LogP contribution in [-0.2, 0) is 0 Å². The standard InChI is InChI=1S/C14H21ClO/c1-10(14(2,3)4)8-13(16)11-6-5-7-12(15)9-11/h5-7,9-10,13,16H,8H2,1-4H3. The molecule has 1 aromatic carbocycles. The van der Waals surface area contributed by atoms with E-state index in [1.54, 1.807) is 0 Å². The SMILES string of the molecule is CC(CC(O)c1cccc(Cl)c1)C(C)(C)C. The van der Waals surface area contributed by atoms with Crippen molar-refractivity contribution in [1.82, 2.24) is 0 Å². The molecule has 0 amide bonds. The summed E-state index contributed by atoms with van der Waals surface area (Å²) in [5.74, 6) is 0.460. The van der Waals surface area contributed by atoms with Crippen LogP contribution in [0.1, 0.15) is 45.8 Å². The van der Waals surface area contributed by atoms with E-state index in [-0.39, 0.29) is 5.41 Å². The molecular formula is C14H21ClO. The molecule has 16 heavy (non-hydrogen) atoms. The van der Waals surface area contributed by atoms with E-state index in [9.17, 15) is 5.11 Å². The molecule has 0 fully saturated rings. The van der Waals surface area contributed by atoms with Crippen molar-refractivity contribution in [3.8, 4) is 0 Å². The van der Waals surface area contributed by atoms with Gasteiger partial charge in [-0.05, 0) is 35.4 Å². The number of hydrogen-bond donors (Lipinski definition) is 1. The van der Waals surface area contributed by atoms with E-state index in [2.05, 4.69) is 27.7 Å². The van der Waals surface area contributed by atoms with Crippen LogP contribution in [0.5, 0.6) is 0 Å². The number of benzene rings is 1. The van der Waals surface area contributed by atoms with Crippen LogP contribution < -0.4 is 0 Å². The molecule has 1 aromatic rings. The molecule has 0 aliphatic rings. The van der Waals surface area contributed by atoms with Gasteiger partial charge in [0.15, 0.2) is 0 Å². The Kier molecular flexibility index (Phi) is 4.40. The Labute approximate surface area is 103 Å². The first-order valence-corrected chi connectivity index (χ1v) is 6.12. The molecule has 0 saturated heterocycles. The molecule has 0 aliphatic carbocycles. The molecule has 2 unspecified atom stereocenters. The van der Waals surface area contributed by atoms with Gasteiger partial charge in [-0.25, -0.2) is 0 Å². The molecule has 90 valence electrons. The van der Waals surface area contributed by atoms with Crippen molar-refractivity contribution in [3.05, 3.63) is 34.9 Å². The second-order valence-corrected chi connectivity index (χ2v) is 6.01. The van der Waals surface area contributed by atoms with E-state index < -0.39 is 6.10 Å². The molecule has 0 heterocycles. The van der Waals surface area contributed by atoms with Gasteiger partial charge in [-0.1, -0.05) is 51.4 Å². The Morgan fingerprint density at radius 2 is 1.94 bits per heavy atom. The molecule has 0 saturated carbocycles. The summed E-state index contributed by atoms with van der Waals surface area (Å²) in [6.45, 7) is 8.76. The van der Waals surface area contributed by atoms with Crippen LogP contribution in [0.3, 0.4) is 0 Å². The minimum Gasteiger partial charge on any atom is -0.388 e. The van der Waals surface area contributed by atoms with E-state index in [0.717, 1.165) is 12.0 Å². The van der Waals surface area contributed by atoms with Gasteiger partial charge in [0.25, 0.3) is 0 Å². The van der Waals surface area contributed by atoms with Crippen LogP contribution in [-0.4, -0.2) is 5.11 Å². The second kappa shape index (κ2) is 5.20. The van der Waals surface area contributed by atoms with Gasteiger partial charge in [0.1, 0.15) is 0 Å². The molecule has 1 rings (SSSR count). The van der Waals surface area contributed by atoms with Crippen LogP contribution in [0.4, 0.5) is 0 Å². The highest BCUT2D eigenvalue weighted by Crippen LogP contribution is 2.33. The van der Waals surface area contributed by atoms with Crippen LogP contribution >= 0.6 is 11.6 Å². The van der Waals surface area contributed by atoms with Gasteiger partial charge in [-0.2, -0.15) is 0 Å². The maximum atomic E-state index is 10.1. The molecular weight excluding hydrogens is 220 g/mol. The molecule has 0 radical (unpaired) electrons. The maximum absolute atomic E-state index is 10.1. The summed E-state index contributed by atoms with van der Waals surface area (Å²) in [4.78, 5) is 0. The van der Waals surface area contributed by atoms with E-state index in [0.29, 0.717) is 10.9 Å². The van der Waals surface area contributed by atoms with Gasteiger partial charge in [0.05, 0.1) is 6.10 Å². The molecule has 1 nitrogen and oxygen atoms in total. The smallest absolute Gasteiger partial charge is 0.0793 e. The lowest BCUT2D eigenvalue weighted by Crippen LogP contribution is -2.19. The summed E-state index contributed by atoms with van der Waals surface area (Å²) in [6.07, 6.45) is 0.344. The average Bonchev–Trinajstić information content (AvgIpc) is 2.16. The normalized spacial score (nSPS) is 15.9. The zero-order valence-corrected chi connectivity index (χ0v) is 11.3. The number of halogens is 1. The van der Waals surface area contributed by atoms with Gasteiger partial charge >= 0.3 is 0 Å². The number of aliphatic hydroxyl groups is 1. The van der Waals surface area contributed by atoms with Crippen molar-refractivity contribution < 1.29 is 5.11 Å². The van der Waals surface area contributed by atoms with Crippen LogP contribution in [0.25, 0.3) is 0 Å². The van der Waals surface area contributed by atoms with E-state index in [1.807, 2.05) is 24.3 Å². The minimum atomic E-state index is -0.423. The van der Waals surface area contributed by atoms with Crippen LogP contribution in [0, 0.1) is 11.3 Å². The number of rotatable bonds is 3. The molecule has 0 aliphatic heterocycles. The van der Waals surface area contributed by atoms with E-state index in [1.165, 1.54) is 0 Å². The second-order valence-electron chi connectivity index (χ2n) is 5.57. The molecule has 1 N–H and O–H groups in total. The predicted molar refractivity (Wildman–Crippen MR) is 69.6 cm³/mol. The van der Waals surface area contributed by atoms with E-state index in [4.69, 9.17) is 11.6 Å². The van der Waals surface area contributed by atoms with Gasteiger partial charge in [-0.3, -0.25) is 0 Å². The highest BCUT2D eigenvalue weighted by molar-refractivity contribution is 6.30. The lowest BCUT2D eigenvalue weighted by molar-refractivity contribution is 0.111. The van der Waals surface area contributed by atoms with Gasteiger partial charge < -0.3 is 5.11 Å². The van der Waals surface area contributed by atoms with Crippen LogP contribution in [0.15, 0.2) is 24.3 Å². The van der Waals surface area contributed by atoms with Crippen molar-refractivity contribution >= 4 is 11.6 Å². The first kappa shape index (κ1) is 13.5. The maximum Gasteiger partial charge on any atom is 0.0793 e. The van der Waals surface area contributed by atoms with Crippen molar-refractivity contribution in [1.29, 1.82) is 0 Å². The van der Waals surface area contributed by atoms with E-state index >= 15 is 0 Å². The predicted octanol–water partition coefficient (Wildman–Crippen LogP) is 4.45. The summed E-state index contributed by atoms with van der Waals surface area (Å²) in [7, 11) is 0. The largest absolute Gasteiger partial charge is 0.388 e. The Balaban J connectivity index is 2.69. The van der Waals surface area contributed by atoms with Crippen molar-refractivity contribution in [3.63, 3.8) is 0 Å². The third-order valence-electron chi connectivity index (χ3n) is 3.29. The Hall–Kier alpha value is -0.530. The summed E-state index contributed by atoms with van der Waals surface area (Å²) < 4.78 is 0. The summed E-state index contributed by atoms with van der Waals surface area (Å²) >= 11 is 5.90. The topological polar surface area (TPSA) is 20.2 Å². The molecule has 0 aromatic heterocycles. The highest BCUT2D eigenvalue weighted by atomic mass is 35.5. The van der Waals surface area contributed by atoms with Crippen molar-refractivity contribution in [2.24, 2.45) is 11.3 Å². The Morgan fingerprint density at radius 3 is 2.44 bits per heavy atom. The lowest BCUT2D eigenvalue weighted by Gasteiger charge is -2.29. The summed E-state index contributed by atoms with van der Waals surface area (Å²) in [5, 5.41) is 10.8. The first-order valence-electron chi connectivity index (χ1n) is 5.74. The first-order chi connectivity index (χ1) is 7.30. The molecule has 2 atom stereocenters. The number of aliphatic hydroxyl groups excluding tert-OH is 1. The lowest BCUT2D eigenvalue weighted by atomic mass is 9.78. The molecule has 0 spiro atoms. The average molecular weight is 241 g/mol. The Morgan fingerprint density at radius 1 is 1.31 bits per heavy atom. The summed E-state index contributed by atoms with van der Waals surface area (Å²) in [5.41, 5.74) is 1.13. The fourth-order valence-electron chi connectivity index (χ4n) is 1.54. The third kappa shape index (κ3) is 3.80.